The maximum atomic E-state index is 11.0. The van der Waals surface area contributed by atoms with Crippen molar-refractivity contribution < 1.29 is 0 Å². The van der Waals surface area contributed by atoms with Crippen LogP contribution in [0.2, 0.25) is 0 Å². The first-order chi connectivity index (χ1) is 8.81. The normalized spacial score (nSPS) is 10.7. The molecule has 0 N–H and O–H groups in total. The standard InChI is InChI=1S/C15H12N2O/c18-14-7-9-17(10-8-14)11-13-6-5-12-3-1-2-4-15(12)16-13/h1-10H,11H2. The van der Waals surface area contributed by atoms with Crippen LogP contribution < -0.4 is 5.43 Å². The second-order valence-electron chi connectivity index (χ2n) is 4.20. The minimum atomic E-state index is 0.0257. The number of fused-ring (bicyclic) bond motifs is 1. The van der Waals surface area contributed by atoms with Gasteiger partial charge < -0.3 is 4.57 Å². The van der Waals surface area contributed by atoms with Gasteiger partial charge in [0.1, 0.15) is 0 Å². The van der Waals surface area contributed by atoms with E-state index in [1.165, 1.54) is 0 Å². The maximum absolute atomic E-state index is 11.0. The highest BCUT2D eigenvalue weighted by molar-refractivity contribution is 5.78. The second-order valence-corrected chi connectivity index (χ2v) is 4.20. The molecule has 0 atom stereocenters. The van der Waals surface area contributed by atoms with Crippen LogP contribution >= 0.6 is 0 Å². The van der Waals surface area contributed by atoms with Crippen LogP contribution in [0.1, 0.15) is 5.69 Å². The SMILES string of the molecule is O=c1ccn(Cc2ccc3ccccc3n2)cc1. The number of aromatic nitrogens is 2. The van der Waals surface area contributed by atoms with Crippen LogP contribution in [0.3, 0.4) is 0 Å². The average molecular weight is 236 g/mol. The van der Waals surface area contributed by atoms with Gasteiger partial charge in [-0.2, -0.15) is 0 Å². The van der Waals surface area contributed by atoms with Gasteiger partial charge >= 0.3 is 0 Å². The molecule has 0 spiro atoms. The fourth-order valence-corrected chi connectivity index (χ4v) is 1.93. The summed E-state index contributed by atoms with van der Waals surface area (Å²) in [6.07, 6.45) is 3.55. The van der Waals surface area contributed by atoms with Crippen molar-refractivity contribution in [2.24, 2.45) is 0 Å². The molecule has 3 rings (SSSR count). The van der Waals surface area contributed by atoms with Gasteiger partial charge in [0, 0.05) is 29.9 Å². The molecule has 0 bridgehead atoms. The van der Waals surface area contributed by atoms with Gasteiger partial charge in [-0.3, -0.25) is 9.78 Å². The Hall–Kier alpha value is -2.42. The zero-order valence-electron chi connectivity index (χ0n) is 9.78. The van der Waals surface area contributed by atoms with Crippen molar-refractivity contribution in [3.05, 3.63) is 76.8 Å². The van der Waals surface area contributed by atoms with E-state index in [2.05, 4.69) is 11.1 Å². The van der Waals surface area contributed by atoms with Crippen molar-refractivity contribution in [2.75, 3.05) is 0 Å². The van der Waals surface area contributed by atoms with E-state index >= 15 is 0 Å². The van der Waals surface area contributed by atoms with Gasteiger partial charge in [0.05, 0.1) is 17.8 Å². The Labute approximate surface area is 104 Å². The summed E-state index contributed by atoms with van der Waals surface area (Å²) in [6.45, 7) is 0.672. The lowest BCUT2D eigenvalue weighted by molar-refractivity contribution is 0.769. The van der Waals surface area contributed by atoms with Gasteiger partial charge in [-0.25, -0.2) is 0 Å². The third-order valence-electron chi connectivity index (χ3n) is 2.86. The van der Waals surface area contributed by atoms with Crippen molar-refractivity contribution in [3.63, 3.8) is 0 Å². The van der Waals surface area contributed by atoms with E-state index in [0.717, 1.165) is 16.6 Å². The highest BCUT2D eigenvalue weighted by Gasteiger charge is 1.98. The molecule has 2 aromatic heterocycles. The molecule has 0 radical (unpaired) electrons. The van der Waals surface area contributed by atoms with E-state index in [1.54, 1.807) is 24.5 Å². The van der Waals surface area contributed by atoms with Gasteiger partial charge in [0.25, 0.3) is 0 Å². The van der Waals surface area contributed by atoms with E-state index < -0.39 is 0 Å². The van der Waals surface area contributed by atoms with Crippen LogP contribution in [-0.4, -0.2) is 9.55 Å². The molecule has 0 saturated carbocycles. The maximum Gasteiger partial charge on any atom is 0.181 e. The van der Waals surface area contributed by atoms with Gasteiger partial charge in [0.2, 0.25) is 0 Å². The number of hydrogen-bond donors (Lipinski definition) is 0. The lowest BCUT2D eigenvalue weighted by atomic mass is 10.2. The number of benzene rings is 1. The number of para-hydroxylation sites is 1. The van der Waals surface area contributed by atoms with Crippen molar-refractivity contribution in [3.8, 4) is 0 Å². The fraction of sp³-hybridized carbons (Fsp3) is 0.0667. The topological polar surface area (TPSA) is 34.9 Å². The monoisotopic (exact) mass is 236 g/mol. The zero-order chi connectivity index (χ0) is 12.4. The summed E-state index contributed by atoms with van der Waals surface area (Å²) in [6, 6.07) is 15.2. The third-order valence-corrected chi connectivity index (χ3v) is 2.86. The molecule has 0 amide bonds. The molecule has 0 fully saturated rings. The molecule has 1 aromatic carbocycles. The largest absolute Gasteiger partial charge is 0.348 e. The Kier molecular flexibility index (Phi) is 2.65. The molecule has 0 aliphatic rings. The predicted octanol–water partition coefficient (Wildman–Crippen LogP) is 2.44. The van der Waals surface area contributed by atoms with Crippen molar-refractivity contribution >= 4 is 10.9 Å². The van der Waals surface area contributed by atoms with Crippen LogP contribution in [0.4, 0.5) is 0 Å². The van der Waals surface area contributed by atoms with Gasteiger partial charge in [-0.15, -0.1) is 0 Å². The van der Waals surface area contributed by atoms with E-state index in [4.69, 9.17) is 0 Å². The Bertz CT molecular complexity index is 726. The lowest BCUT2D eigenvalue weighted by Gasteiger charge is -2.06. The molecule has 3 aromatic rings. The number of nitrogens with zero attached hydrogens (tertiary/aromatic N) is 2. The van der Waals surface area contributed by atoms with E-state index in [1.807, 2.05) is 34.9 Å². The minimum Gasteiger partial charge on any atom is -0.348 e. The molecule has 0 aliphatic carbocycles. The summed E-state index contributed by atoms with van der Waals surface area (Å²) in [5.41, 5.74) is 2.01. The van der Waals surface area contributed by atoms with Crippen LogP contribution in [0, 0.1) is 0 Å². The molecule has 0 aliphatic heterocycles. The van der Waals surface area contributed by atoms with Gasteiger partial charge in [0.15, 0.2) is 5.43 Å². The van der Waals surface area contributed by atoms with Crippen molar-refractivity contribution in [1.82, 2.24) is 9.55 Å². The quantitative estimate of drug-likeness (QED) is 0.685. The smallest absolute Gasteiger partial charge is 0.181 e. The number of pyridine rings is 2. The second kappa shape index (κ2) is 4.45. The summed E-state index contributed by atoms with van der Waals surface area (Å²) in [4.78, 5) is 15.6. The molecule has 88 valence electrons. The molecule has 3 heteroatoms. The molecule has 3 nitrogen and oxygen atoms in total. The summed E-state index contributed by atoms with van der Waals surface area (Å²) in [5.74, 6) is 0. The van der Waals surface area contributed by atoms with Crippen LogP contribution in [0.15, 0.2) is 65.7 Å². The first-order valence-corrected chi connectivity index (χ1v) is 5.82. The Balaban J connectivity index is 1.95. The molecule has 2 heterocycles. The summed E-state index contributed by atoms with van der Waals surface area (Å²) in [5, 5.41) is 1.14. The Morgan fingerprint density at radius 2 is 1.72 bits per heavy atom. The Morgan fingerprint density at radius 3 is 2.56 bits per heavy atom. The number of hydrogen-bond acceptors (Lipinski definition) is 2. The molecule has 0 unspecified atom stereocenters. The summed E-state index contributed by atoms with van der Waals surface area (Å²) < 4.78 is 1.94. The predicted molar refractivity (Wildman–Crippen MR) is 71.5 cm³/mol. The number of rotatable bonds is 2. The van der Waals surface area contributed by atoms with Crippen molar-refractivity contribution in [1.29, 1.82) is 0 Å². The van der Waals surface area contributed by atoms with Crippen LogP contribution in [-0.2, 0) is 6.54 Å². The molecular formula is C15H12N2O. The lowest BCUT2D eigenvalue weighted by Crippen LogP contribution is -2.05. The van der Waals surface area contributed by atoms with E-state index in [0.29, 0.717) is 6.54 Å². The summed E-state index contributed by atoms with van der Waals surface area (Å²) in [7, 11) is 0. The third kappa shape index (κ3) is 2.15. The molecular weight excluding hydrogens is 224 g/mol. The highest BCUT2D eigenvalue weighted by atomic mass is 16.1. The van der Waals surface area contributed by atoms with E-state index in [-0.39, 0.29) is 5.43 Å². The highest BCUT2D eigenvalue weighted by Crippen LogP contribution is 2.12. The van der Waals surface area contributed by atoms with Gasteiger partial charge in [-0.1, -0.05) is 24.3 Å². The summed E-state index contributed by atoms with van der Waals surface area (Å²) >= 11 is 0. The molecule has 0 saturated heterocycles. The van der Waals surface area contributed by atoms with E-state index in [9.17, 15) is 4.79 Å². The van der Waals surface area contributed by atoms with Crippen LogP contribution in [0.5, 0.6) is 0 Å². The first kappa shape index (κ1) is 10.7. The first-order valence-electron chi connectivity index (χ1n) is 5.82. The average Bonchev–Trinajstić information content (AvgIpc) is 2.41. The zero-order valence-corrected chi connectivity index (χ0v) is 9.78. The Morgan fingerprint density at radius 1 is 0.944 bits per heavy atom. The minimum absolute atomic E-state index is 0.0257. The van der Waals surface area contributed by atoms with Crippen LogP contribution in [0.25, 0.3) is 10.9 Å². The van der Waals surface area contributed by atoms with Gasteiger partial charge in [-0.05, 0) is 12.1 Å². The van der Waals surface area contributed by atoms with Crippen molar-refractivity contribution in [2.45, 2.75) is 6.54 Å². The molecule has 18 heavy (non-hydrogen) atoms. The fourth-order valence-electron chi connectivity index (χ4n) is 1.93.